The number of hydrogen-bond acceptors (Lipinski definition) is 4. The summed E-state index contributed by atoms with van der Waals surface area (Å²) in [6, 6.07) is 12.6. The highest BCUT2D eigenvalue weighted by Crippen LogP contribution is 2.37. The lowest BCUT2D eigenvalue weighted by molar-refractivity contribution is -0.0498. The Bertz CT molecular complexity index is 880. The van der Waals surface area contributed by atoms with Crippen LogP contribution in [0.2, 0.25) is 0 Å². The predicted molar refractivity (Wildman–Crippen MR) is 88.6 cm³/mol. The number of aromatic nitrogens is 3. The van der Waals surface area contributed by atoms with Crippen molar-refractivity contribution in [2.75, 3.05) is 5.32 Å². The summed E-state index contributed by atoms with van der Waals surface area (Å²) in [5.74, 6) is 0.411. The molecule has 2 heterocycles. The Balaban J connectivity index is 1.62. The van der Waals surface area contributed by atoms with E-state index in [9.17, 15) is 13.2 Å². The summed E-state index contributed by atoms with van der Waals surface area (Å²) >= 11 is 0. The van der Waals surface area contributed by atoms with E-state index < -0.39 is 6.61 Å². The second-order valence-corrected chi connectivity index (χ2v) is 5.98. The van der Waals surface area contributed by atoms with Crippen LogP contribution in [0.3, 0.4) is 0 Å². The molecule has 1 aliphatic heterocycles. The van der Waals surface area contributed by atoms with Crippen LogP contribution in [0.5, 0.6) is 5.75 Å². The first kappa shape index (κ1) is 16.4. The van der Waals surface area contributed by atoms with Gasteiger partial charge in [-0.25, -0.2) is 9.07 Å². The standard InChI is InChI=1S/C18H15F3N4O/c19-13-5-1-12(2-6-13)16-9-15(24-18-22-10-23-25(16)18)11-3-7-14(8-4-11)26-17(20)21/h1-8,10,15-17H,9H2,(H,22,23,24)/t15-,16-/m0/s1. The Morgan fingerprint density at radius 2 is 1.73 bits per heavy atom. The van der Waals surface area contributed by atoms with Gasteiger partial charge < -0.3 is 10.1 Å². The zero-order valence-electron chi connectivity index (χ0n) is 13.5. The Kier molecular flexibility index (Phi) is 4.24. The van der Waals surface area contributed by atoms with Crippen LogP contribution in [0.15, 0.2) is 54.9 Å². The molecule has 4 rings (SSSR count). The van der Waals surface area contributed by atoms with Gasteiger partial charge in [-0.05, 0) is 41.8 Å². The van der Waals surface area contributed by atoms with Gasteiger partial charge in [-0.1, -0.05) is 24.3 Å². The summed E-state index contributed by atoms with van der Waals surface area (Å²) in [7, 11) is 0. The smallest absolute Gasteiger partial charge is 0.387 e. The van der Waals surface area contributed by atoms with Crippen LogP contribution < -0.4 is 10.1 Å². The molecular formula is C18H15F3N4O. The van der Waals surface area contributed by atoms with Gasteiger partial charge in [0.05, 0.1) is 12.1 Å². The predicted octanol–water partition coefficient (Wildman–Crippen LogP) is 4.16. The third kappa shape index (κ3) is 3.22. The molecule has 0 unspecified atom stereocenters. The minimum Gasteiger partial charge on any atom is -0.435 e. The topological polar surface area (TPSA) is 52.0 Å². The van der Waals surface area contributed by atoms with Gasteiger partial charge in [-0.2, -0.15) is 18.9 Å². The maximum absolute atomic E-state index is 13.2. The second kappa shape index (κ2) is 6.70. The van der Waals surface area contributed by atoms with E-state index in [1.807, 2.05) is 0 Å². The fourth-order valence-corrected chi connectivity index (χ4v) is 3.18. The molecule has 0 aliphatic carbocycles. The van der Waals surface area contributed by atoms with Crippen LogP contribution in [0, 0.1) is 5.82 Å². The molecule has 26 heavy (non-hydrogen) atoms. The van der Waals surface area contributed by atoms with Crippen molar-refractivity contribution >= 4 is 5.95 Å². The van der Waals surface area contributed by atoms with Crippen LogP contribution in [0.4, 0.5) is 19.1 Å². The fraction of sp³-hybridized carbons (Fsp3) is 0.222. The summed E-state index contributed by atoms with van der Waals surface area (Å²) in [5.41, 5.74) is 1.83. The average molecular weight is 360 g/mol. The van der Waals surface area contributed by atoms with Crippen LogP contribution in [-0.4, -0.2) is 21.4 Å². The molecule has 0 bridgehead atoms. The van der Waals surface area contributed by atoms with Crippen molar-refractivity contribution in [3.05, 3.63) is 71.8 Å². The molecule has 1 aromatic heterocycles. The van der Waals surface area contributed by atoms with Gasteiger partial charge in [0.15, 0.2) is 0 Å². The molecule has 3 aromatic rings. The Morgan fingerprint density at radius 3 is 2.42 bits per heavy atom. The first-order valence-electron chi connectivity index (χ1n) is 8.06. The van der Waals surface area contributed by atoms with E-state index >= 15 is 0 Å². The van der Waals surface area contributed by atoms with Gasteiger partial charge in [0.25, 0.3) is 0 Å². The number of anilines is 1. The Morgan fingerprint density at radius 1 is 1.04 bits per heavy atom. The van der Waals surface area contributed by atoms with Crippen molar-refractivity contribution in [1.29, 1.82) is 0 Å². The fourth-order valence-electron chi connectivity index (χ4n) is 3.18. The molecule has 0 radical (unpaired) electrons. The van der Waals surface area contributed by atoms with E-state index in [0.717, 1.165) is 11.1 Å². The third-order valence-corrected chi connectivity index (χ3v) is 4.39. The zero-order valence-corrected chi connectivity index (χ0v) is 13.5. The third-order valence-electron chi connectivity index (χ3n) is 4.39. The van der Waals surface area contributed by atoms with Crippen molar-refractivity contribution < 1.29 is 17.9 Å². The first-order chi connectivity index (χ1) is 12.6. The SMILES string of the molecule is Fc1ccc([C@@H]2C[C@@H](c3ccc(OC(F)F)cc3)Nc3ncnn32)cc1. The molecular weight excluding hydrogens is 345 g/mol. The number of nitrogens with zero attached hydrogens (tertiary/aromatic N) is 3. The van der Waals surface area contributed by atoms with Crippen LogP contribution in [-0.2, 0) is 0 Å². The van der Waals surface area contributed by atoms with Crippen molar-refractivity contribution in [2.24, 2.45) is 0 Å². The Hall–Kier alpha value is -3.03. The first-order valence-corrected chi connectivity index (χ1v) is 8.06. The molecule has 5 nitrogen and oxygen atoms in total. The Labute approximate surface area is 147 Å². The molecule has 1 N–H and O–H groups in total. The lowest BCUT2D eigenvalue weighted by Gasteiger charge is -2.31. The summed E-state index contributed by atoms with van der Waals surface area (Å²) in [5, 5.41) is 7.55. The van der Waals surface area contributed by atoms with Crippen molar-refractivity contribution in [3.63, 3.8) is 0 Å². The minimum absolute atomic E-state index is 0.0950. The quantitative estimate of drug-likeness (QED) is 0.759. The molecule has 0 saturated carbocycles. The van der Waals surface area contributed by atoms with Crippen molar-refractivity contribution in [3.8, 4) is 5.75 Å². The molecule has 8 heteroatoms. The number of fused-ring (bicyclic) bond motifs is 1. The van der Waals surface area contributed by atoms with E-state index in [4.69, 9.17) is 0 Å². The summed E-state index contributed by atoms with van der Waals surface area (Å²) in [6.07, 6.45) is 2.11. The summed E-state index contributed by atoms with van der Waals surface area (Å²) in [6.45, 7) is -2.85. The van der Waals surface area contributed by atoms with Gasteiger partial charge in [0, 0.05) is 0 Å². The van der Waals surface area contributed by atoms with Gasteiger partial charge >= 0.3 is 6.61 Å². The van der Waals surface area contributed by atoms with E-state index in [0.29, 0.717) is 12.4 Å². The van der Waals surface area contributed by atoms with Gasteiger partial charge in [0.1, 0.15) is 17.9 Å². The molecule has 2 atom stereocenters. The number of alkyl halides is 2. The highest BCUT2D eigenvalue weighted by atomic mass is 19.3. The monoisotopic (exact) mass is 360 g/mol. The number of nitrogens with one attached hydrogen (secondary N) is 1. The highest BCUT2D eigenvalue weighted by Gasteiger charge is 2.29. The van der Waals surface area contributed by atoms with Crippen LogP contribution in [0.25, 0.3) is 0 Å². The zero-order chi connectivity index (χ0) is 18.1. The van der Waals surface area contributed by atoms with E-state index in [2.05, 4.69) is 20.1 Å². The normalized spacial score (nSPS) is 19.1. The number of hydrogen-bond donors (Lipinski definition) is 1. The van der Waals surface area contributed by atoms with Crippen LogP contribution >= 0.6 is 0 Å². The van der Waals surface area contributed by atoms with Crippen molar-refractivity contribution in [2.45, 2.75) is 25.1 Å². The maximum atomic E-state index is 13.2. The van der Waals surface area contributed by atoms with E-state index in [1.54, 1.807) is 28.9 Å². The molecule has 0 saturated heterocycles. The lowest BCUT2D eigenvalue weighted by Crippen LogP contribution is -2.28. The van der Waals surface area contributed by atoms with Gasteiger partial charge in [-0.15, -0.1) is 0 Å². The molecule has 0 amide bonds. The number of rotatable bonds is 4. The minimum atomic E-state index is -2.85. The molecule has 1 aliphatic rings. The maximum Gasteiger partial charge on any atom is 0.387 e. The number of ether oxygens (including phenoxy) is 1. The van der Waals surface area contributed by atoms with E-state index in [1.165, 1.54) is 30.6 Å². The van der Waals surface area contributed by atoms with E-state index in [-0.39, 0.29) is 23.7 Å². The average Bonchev–Trinajstić information content (AvgIpc) is 3.10. The van der Waals surface area contributed by atoms with Crippen molar-refractivity contribution in [1.82, 2.24) is 14.8 Å². The van der Waals surface area contributed by atoms with Crippen LogP contribution in [0.1, 0.15) is 29.6 Å². The molecule has 0 spiro atoms. The largest absolute Gasteiger partial charge is 0.435 e. The summed E-state index contributed by atoms with van der Waals surface area (Å²) < 4.78 is 44.0. The second-order valence-electron chi connectivity index (χ2n) is 5.98. The number of benzene rings is 2. The van der Waals surface area contributed by atoms with Gasteiger partial charge in [0.2, 0.25) is 5.95 Å². The highest BCUT2D eigenvalue weighted by molar-refractivity contribution is 5.39. The van der Waals surface area contributed by atoms with Gasteiger partial charge in [-0.3, -0.25) is 0 Å². The molecule has 0 fully saturated rings. The lowest BCUT2D eigenvalue weighted by atomic mass is 9.93. The summed E-state index contributed by atoms with van der Waals surface area (Å²) in [4.78, 5) is 4.23. The number of halogens is 3. The molecule has 2 aromatic carbocycles. The molecule has 134 valence electrons.